The molecule has 0 atom stereocenters. The normalized spacial score (nSPS) is 14.8. The van der Waals surface area contributed by atoms with E-state index in [0.717, 1.165) is 19.1 Å². The average molecular weight is 294 g/mol. The number of hydrogen-bond acceptors (Lipinski definition) is 6. The van der Waals surface area contributed by atoms with Crippen molar-refractivity contribution in [1.82, 2.24) is 29.6 Å². The summed E-state index contributed by atoms with van der Waals surface area (Å²) in [6.07, 6.45) is 6.03. The zero-order valence-electron chi connectivity index (χ0n) is 11.2. The number of nitrogens with one attached hydrogen (secondary N) is 1. The van der Waals surface area contributed by atoms with Crippen molar-refractivity contribution < 1.29 is 0 Å². The molecule has 2 aromatic rings. The van der Waals surface area contributed by atoms with Gasteiger partial charge in [-0.2, -0.15) is 20.1 Å². The second kappa shape index (κ2) is 5.72. The van der Waals surface area contributed by atoms with Gasteiger partial charge in [0.25, 0.3) is 5.95 Å². The van der Waals surface area contributed by atoms with Crippen molar-refractivity contribution in [3.63, 3.8) is 0 Å². The summed E-state index contributed by atoms with van der Waals surface area (Å²) in [4.78, 5) is 14.8. The molecule has 106 valence electrons. The van der Waals surface area contributed by atoms with Crippen LogP contribution in [0.2, 0.25) is 5.28 Å². The zero-order valence-corrected chi connectivity index (χ0v) is 12.0. The van der Waals surface area contributed by atoms with Gasteiger partial charge < -0.3 is 10.2 Å². The molecule has 2 aromatic heterocycles. The van der Waals surface area contributed by atoms with Crippen LogP contribution in [0.25, 0.3) is 5.95 Å². The first-order chi connectivity index (χ1) is 9.72. The molecule has 2 heterocycles. The largest absolute Gasteiger partial charge is 0.353 e. The van der Waals surface area contributed by atoms with Crippen LogP contribution in [0.5, 0.6) is 0 Å². The molecule has 1 aliphatic carbocycles. The quantitative estimate of drug-likeness (QED) is 0.863. The van der Waals surface area contributed by atoms with Crippen molar-refractivity contribution in [3.8, 4) is 5.95 Å². The van der Waals surface area contributed by atoms with Gasteiger partial charge in [-0.25, -0.2) is 4.68 Å². The molecule has 7 nitrogen and oxygen atoms in total. The highest BCUT2D eigenvalue weighted by Gasteiger charge is 2.25. The third-order valence-electron chi connectivity index (χ3n) is 3.22. The van der Waals surface area contributed by atoms with E-state index in [1.54, 1.807) is 23.1 Å². The first-order valence-corrected chi connectivity index (χ1v) is 6.96. The van der Waals surface area contributed by atoms with E-state index < -0.39 is 0 Å². The van der Waals surface area contributed by atoms with E-state index in [9.17, 15) is 0 Å². The van der Waals surface area contributed by atoms with Gasteiger partial charge in [0, 0.05) is 31.5 Å². The van der Waals surface area contributed by atoms with Crippen LogP contribution < -0.4 is 5.32 Å². The van der Waals surface area contributed by atoms with Crippen LogP contribution in [-0.4, -0.2) is 55.8 Å². The van der Waals surface area contributed by atoms with Gasteiger partial charge in [-0.3, -0.25) is 0 Å². The molecule has 0 radical (unpaired) electrons. The lowest BCUT2D eigenvalue weighted by molar-refractivity contribution is 0.337. The van der Waals surface area contributed by atoms with Gasteiger partial charge in [0.1, 0.15) is 0 Å². The molecule has 1 N–H and O–H groups in total. The molecule has 0 spiro atoms. The maximum absolute atomic E-state index is 5.92. The van der Waals surface area contributed by atoms with Crippen LogP contribution in [-0.2, 0) is 0 Å². The molecular weight excluding hydrogens is 278 g/mol. The van der Waals surface area contributed by atoms with Crippen molar-refractivity contribution >= 4 is 17.5 Å². The van der Waals surface area contributed by atoms with Crippen LogP contribution in [0.4, 0.5) is 5.95 Å². The Kier molecular flexibility index (Phi) is 3.79. The van der Waals surface area contributed by atoms with E-state index in [1.807, 2.05) is 0 Å². The molecule has 3 rings (SSSR count). The molecule has 0 aliphatic heterocycles. The van der Waals surface area contributed by atoms with E-state index in [0.29, 0.717) is 11.9 Å². The van der Waals surface area contributed by atoms with Crippen molar-refractivity contribution in [2.45, 2.75) is 18.9 Å². The lowest BCUT2D eigenvalue weighted by Crippen LogP contribution is -2.27. The molecule has 0 amide bonds. The number of aromatic nitrogens is 5. The summed E-state index contributed by atoms with van der Waals surface area (Å²) in [5.41, 5.74) is 0. The summed E-state index contributed by atoms with van der Waals surface area (Å²) in [6, 6.07) is 2.55. The minimum atomic E-state index is 0.156. The van der Waals surface area contributed by atoms with E-state index in [1.165, 1.54) is 12.8 Å². The predicted molar refractivity (Wildman–Crippen MR) is 76.1 cm³/mol. The topological polar surface area (TPSA) is 71.8 Å². The van der Waals surface area contributed by atoms with Gasteiger partial charge in [-0.15, -0.1) is 0 Å². The van der Waals surface area contributed by atoms with E-state index in [-0.39, 0.29) is 5.28 Å². The molecule has 0 unspecified atom stereocenters. The maximum atomic E-state index is 5.92. The highest BCUT2D eigenvalue weighted by molar-refractivity contribution is 6.28. The van der Waals surface area contributed by atoms with Gasteiger partial charge in [0.05, 0.1) is 0 Å². The summed E-state index contributed by atoms with van der Waals surface area (Å²) in [5.74, 6) is 0.882. The van der Waals surface area contributed by atoms with Crippen LogP contribution in [0.1, 0.15) is 12.8 Å². The monoisotopic (exact) mass is 293 g/mol. The smallest absolute Gasteiger partial charge is 0.256 e. The minimum Gasteiger partial charge on any atom is -0.353 e. The fraction of sp³-hybridized carbons (Fsp3) is 0.500. The molecule has 0 aromatic carbocycles. The third kappa shape index (κ3) is 3.23. The Balaban J connectivity index is 1.63. The second-order valence-corrected chi connectivity index (χ2v) is 5.16. The lowest BCUT2D eigenvalue weighted by Gasteiger charge is -2.15. The van der Waals surface area contributed by atoms with Gasteiger partial charge in [0.15, 0.2) is 0 Å². The van der Waals surface area contributed by atoms with Crippen molar-refractivity contribution in [1.29, 1.82) is 0 Å². The Labute approximate surface area is 122 Å². The van der Waals surface area contributed by atoms with Gasteiger partial charge in [-0.05, 0) is 37.6 Å². The fourth-order valence-electron chi connectivity index (χ4n) is 1.95. The molecule has 1 aliphatic rings. The number of rotatable bonds is 6. The summed E-state index contributed by atoms with van der Waals surface area (Å²) in [7, 11) is 2.13. The van der Waals surface area contributed by atoms with E-state index >= 15 is 0 Å². The third-order valence-corrected chi connectivity index (χ3v) is 3.39. The Bertz CT molecular complexity index is 567. The number of anilines is 1. The number of hydrogen-bond donors (Lipinski definition) is 1. The molecule has 8 heteroatoms. The highest BCUT2D eigenvalue weighted by Crippen LogP contribution is 2.24. The molecular formula is C12H16ClN7. The standard InChI is InChI=1S/C12H16ClN7/c1-19(9-3-4-9)8-6-14-11-16-10(13)17-12(18-11)20-7-2-5-15-20/h2,5,7,9H,3-4,6,8H2,1H3,(H,14,16,17,18). The highest BCUT2D eigenvalue weighted by atomic mass is 35.5. The van der Waals surface area contributed by atoms with Crippen LogP contribution in [0, 0.1) is 0 Å². The summed E-state index contributed by atoms with van der Waals surface area (Å²) < 4.78 is 1.55. The average Bonchev–Trinajstić information content (AvgIpc) is 3.13. The Hall–Kier alpha value is -1.73. The lowest BCUT2D eigenvalue weighted by atomic mass is 10.5. The van der Waals surface area contributed by atoms with Crippen LogP contribution in [0.3, 0.4) is 0 Å². The number of nitrogens with zero attached hydrogens (tertiary/aromatic N) is 6. The fourth-order valence-corrected chi connectivity index (χ4v) is 2.11. The molecule has 1 saturated carbocycles. The number of halogens is 1. The summed E-state index contributed by atoms with van der Waals surface area (Å²) >= 11 is 5.92. The SMILES string of the molecule is CN(CCNc1nc(Cl)nc(-n2cccn2)n1)C1CC1. The summed E-state index contributed by atoms with van der Waals surface area (Å²) in [6.45, 7) is 1.72. The van der Waals surface area contributed by atoms with Gasteiger partial charge in [0.2, 0.25) is 11.2 Å². The van der Waals surface area contributed by atoms with E-state index in [2.05, 4.69) is 37.3 Å². The predicted octanol–water partition coefficient (Wildman–Crippen LogP) is 1.22. The first kappa shape index (κ1) is 13.3. The van der Waals surface area contributed by atoms with Crippen LogP contribution in [0.15, 0.2) is 18.5 Å². The Morgan fingerprint density at radius 1 is 1.40 bits per heavy atom. The van der Waals surface area contributed by atoms with Crippen molar-refractivity contribution in [3.05, 3.63) is 23.7 Å². The first-order valence-electron chi connectivity index (χ1n) is 6.58. The van der Waals surface area contributed by atoms with E-state index in [4.69, 9.17) is 11.6 Å². The number of likely N-dealkylation sites (N-methyl/N-ethyl adjacent to an activating group) is 1. The van der Waals surface area contributed by atoms with Gasteiger partial charge in [-0.1, -0.05) is 0 Å². The van der Waals surface area contributed by atoms with Crippen LogP contribution >= 0.6 is 11.6 Å². The Morgan fingerprint density at radius 3 is 2.95 bits per heavy atom. The maximum Gasteiger partial charge on any atom is 0.256 e. The molecule has 0 bridgehead atoms. The second-order valence-electron chi connectivity index (χ2n) is 4.82. The molecule has 0 saturated heterocycles. The molecule has 20 heavy (non-hydrogen) atoms. The zero-order chi connectivity index (χ0) is 13.9. The Morgan fingerprint density at radius 2 is 2.25 bits per heavy atom. The van der Waals surface area contributed by atoms with Crippen molar-refractivity contribution in [2.75, 3.05) is 25.5 Å². The molecule has 1 fully saturated rings. The van der Waals surface area contributed by atoms with Crippen molar-refractivity contribution in [2.24, 2.45) is 0 Å². The summed E-state index contributed by atoms with van der Waals surface area (Å²) in [5, 5.41) is 7.41. The van der Waals surface area contributed by atoms with Gasteiger partial charge >= 0.3 is 0 Å². The minimum absolute atomic E-state index is 0.156.